The predicted molar refractivity (Wildman–Crippen MR) is 115 cm³/mol. The van der Waals surface area contributed by atoms with Crippen LogP contribution < -0.4 is 10.6 Å². The Bertz CT molecular complexity index is 929. The van der Waals surface area contributed by atoms with Crippen LogP contribution >= 0.6 is 11.3 Å². The van der Waals surface area contributed by atoms with Crippen LogP contribution in [0.25, 0.3) is 10.8 Å². The van der Waals surface area contributed by atoms with E-state index in [0.717, 1.165) is 27.6 Å². The maximum atomic E-state index is 12.4. The zero-order valence-electron chi connectivity index (χ0n) is 16.3. The Morgan fingerprint density at radius 2 is 1.75 bits per heavy atom. The molecule has 2 amide bonds. The summed E-state index contributed by atoms with van der Waals surface area (Å²) in [4.78, 5) is 25.9. The number of nitrogens with one attached hydrogen (secondary N) is 2. The molecule has 1 aromatic heterocycles. The van der Waals surface area contributed by atoms with E-state index >= 15 is 0 Å². The van der Waals surface area contributed by atoms with Crippen molar-refractivity contribution in [3.8, 4) is 0 Å². The summed E-state index contributed by atoms with van der Waals surface area (Å²) in [6.45, 7) is 4.26. The van der Waals surface area contributed by atoms with Gasteiger partial charge in [-0.15, -0.1) is 11.3 Å². The second kappa shape index (κ2) is 9.51. The highest BCUT2D eigenvalue weighted by atomic mass is 32.1. The summed E-state index contributed by atoms with van der Waals surface area (Å²) in [7, 11) is 0. The first-order valence-electron chi connectivity index (χ1n) is 9.59. The van der Waals surface area contributed by atoms with Crippen LogP contribution in [0.1, 0.15) is 36.8 Å². The Kier molecular flexibility index (Phi) is 6.82. The Morgan fingerprint density at radius 1 is 0.964 bits per heavy atom. The van der Waals surface area contributed by atoms with E-state index in [0.29, 0.717) is 5.92 Å². The van der Waals surface area contributed by atoms with Crippen molar-refractivity contribution in [2.24, 2.45) is 5.92 Å². The van der Waals surface area contributed by atoms with Crippen molar-refractivity contribution in [1.29, 1.82) is 0 Å². The van der Waals surface area contributed by atoms with Gasteiger partial charge in [0.1, 0.15) is 0 Å². The predicted octanol–water partition coefficient (Wildman–Crippen LogP) is 4.46. The molecule has 3 aromatic rings. The Hall–Kier alpha value is -2.66. The van der Waals surface area contributed by atoms with Gasteiger partial charge in [-0.1, -0.05) is 62.4 Å². The molecule has 1 unspecified atom stereocenters. The first kappa shape index (κ1) is 20.1. The largest absolute Gasteiger partial charge is 0.347 e. The van der Waals surface area contributed by atoms with Crippen molar-refractivity contribution in [3.05, 3.63) is 70.4 Å². The van der Waals surface area contributed by atoms with Gasteiger partial charge in [0.15, 0.2) is 0 Å². The summed E-state index contributed by atoms with van der Waals surface area (Å²) in [6.07, 6.45) is 1.13. The van der Waals surface area contributed by atoms with E-state index in [1.807, 2.05) is 60.0 Å². The quantitative estimate of drug-likeness (QED) is 0.592. The zero-order chi connectivity index (χ0) is 19.9. The molecule has 146 valence electrons. The zero-order valence-corrected chi connectivity index (χ0v) is 17.1. The van der Waals surface area contributed by atoms with Gasteiger partial charge in [0.05, 0.1) is 19.0 Å². The number of carbonyl (C=O) groups is 2. The summed E-state index contributed by atoms with van der Waals surface area (Å²) in [5.41, 5.74) is 0.965. The third kappa shape index (κ3) is 5.42. The molecule has 2 aromatic carbocycles. The lowest BCUT2D eigenvalue weighted by Crippen LogP contribution is -2.39. The van der Waals surface area contributed by atoms with Crippen molar-refractivity contribution in [3.63, 3.8) is 0 Å². The van der Waals surface area contributed by atoms with Gasteiger partial charge in [0.2, 0.25) is 11.8 Å². The number of benzene rings is 2. The van der Waals surface area contributed by atoms with Gasteiger partial charge in [-0.3, -0.25) is 9.59 Å². The molecule has 0 saturated carbocycles. The van der Waals surface area contributed by atoms with E-state index in [1.165, 1.54) is 0 Å². The molecule has 0 saturated heterocycles. The van der Waals surface area contributed by atoms with Crippen molar-refractivity contribution < 1.29 is 9.59 Å². The van der Waals surface area contributed by atoms with Crippen molar-refractivity contribution in [2.75, 3.05) is 6.54 Å². The fraction of sp³-hybridized carbons (Fsp3) is 0.304. The fourth-order valence-corrected chi connectivity index (χ4v) is 4.10. The molecular weight excluding hydrogens is 368 g/mol. The molecule has 0 aliphatic rings. The van der Waals surface area contributed by atoms with E-state index in [1.54, 1.807) is 11.3 Å². The first-order chi connectivity index (χ1) is 13.5. The van der Waals surface area contributed by atoms with Gasteiger partial charge in [0.25, 0.3) is 0 Å². The Morgan fingerprint density at radius 3 is 2.50 bits per heavy atom. The second-order valence-electron chi connectivity index (χ2n) is 7.36. The highest BCUT2D eigenvalue weighted by Crippen LogP contribution is 2.25. The molecule has 1 heterocycles. The second-order valence-corrected chi connectivity index (χ2v) is 8.34. The van der Waals surface area contributed by atoms with Crippen LogP contribution in [-0.4, -0.2) is 18.4 Å². The number of thiophene rings is 1. The molecule has 0 spiro atoms. The molecule has 2 N–H and O–H groups in total. The SMILES string of the molecule is CC(C)CC(NC(=O)CNC(=O)Cc1cccc2ccccc12)c1cccs1. The van der Waals surface area contributed by atoms with E-state index in [-0.39, 0.29) is 30.8 Å². The molecule has 4 nitrogen and oxygen atoms in total. The van der Waals surface area contributed by atoms with Crippen LogP contribution in [0, 0.1) is 5.92 Å². The third-order valence-corrected chi connectivity index (χ3v) is 5.59. The normalized spacial score (nSPS) is 12.1. The summed E-state index contributed by atoms with van der Waals surface area (Å²) in [5, 5.41) is 10.0. The molecular formula is C23H26N2O2S. The molecule has 0 fully saturated rings. The van der Waals surface area contributed by atoms with Crippen molar-refractivity contribution in [1.82, 2.24) is 10.6 Å². The lowest BCUT2D eigenvalue weighted by atomic mass is 10.0. The lowest BCUT2D eigenvalue weighted by molar-refractivity contribution is -0.126. The smallest absolute Gasteiger partial charge is 0.239 e. The van der Waals surface area contributed by atoms with Gasteiger partial charge in [0, 0.05) is 4.88 Å². The van der Waals surface area contributed by atoms with E-state index in [9.17, 15) is 9.59 Å². The van der Waals surface area contributed by atoms with Crippen molar-refractivity contribution >= 4 is 33.9 Å². The van der Waals surface area contributed by atoms with E-state index < -0.39 is 0 Å². The summed E-state index contributed by atoms with van der Waals surface area (Å²) < 4.78 is 0. The highest BCUT2D eigenvalue weighted by Gasteiger charge is 2.17. The Balaban J connectivity index is 1.55. The average molecular weight is 395 g/mol. The lowest BCUT2D eigenvalue weighted by Gasteiger charge is -2.19. The monoisotopic (exact) mass is 394 g/mol. The average Bonchev–Trinajstić information content (AvgIpc) is 3.21. The molecule has 0 radical (unpaired) electrons. The van der Waals surface area contributed by atoms with Gasteiger partial charge in [-0.25, -0.2) is 0 Å². The molecule has 5 heteroatoms. The Labute approximate surface area is 170 Å². The molecule has 28 heavy (non-hydrogen) atoms. The van der Waals surface area contributed by atoms with Crippen LogP contribution in [0.4, 0.5) is 0 Å². The maximum absolute atomic E-state index is 12.4. The summed E-state index contributed by atoms with van der Waals surface area (Å²) >= 11 is 1.64. The fourth-order valence-electron chi connectivity index (χ4n) is 3.31. The number of hydrogen-bond acceptors (Lipinski definition) is 3. The minimum absolute atomic E-state index is 0.0103. The van der Waals surface area contributed by atoms with E-state index in [2.05, 4.69) is 24.5 Å². The number of hydrogen-bond donors (Lipinski definition) is 2. The number of rotatable bonds is 8. The van der Waals surface area contributed by atoms with Crippen molar-refractivity contribution in [2.45, 2.75) is 32.7 Å². The van der Waals surface area contributed by atoms with Gasteiger partial charge < -0.3 is 10.6 Å². The number of fused-ring (bicyclic) bond motifs is 1. The minimum atomic E-state index is -0.162. The summed E-state index contributed by atoms with van der Waals surface area (Å²) in [6, 6.07) is 18.0. The van der Waals surface area contributed by atoms with Crippen LogP contribution in [-0.2, 0) is 16.0 Å². The molecule has 0 bridgehead atoms. The molecule has 0 aliphatic carbocycles. The summed E-state index contributed by atoms with van der Waals surface area (Å²) in [5.74, 6) is 0.154. The van der Waals surface area contributed by atoms with Crippen LogP contribution in [0.3, 0.4) is 0 Å². The van der Waals surface area contributed by atoms with Crippen LogP contribution in [0.15, 0.2) is 60.0 Å². The number of amides is 2. The van der Waals surface area contributed by atoms with E-state index in [4.69, 9.17) is 0 Å². The highest BCUT2D eigenvalue weighted by molar-refractivity contribution is 7.10. The molecule has 0 aliphatic heterocycles. The van der Waals surface area contributed by atoms with Crippen LogP contribution in [0.2, 0.25) is 0 Å². The first-order valence-corrected chi connectivity index (χ1v) is 10.5. The maximum Gasteiger partial charge on any atom is 0.239 e. The standard InChI is InChI=1S/C23H26N2O2S/c1-16(2)13-20(21-11-6-12-28-21)25-23(27)15-24-22(26)14-18-9-5-8-17-7-3-4-10-19(17)18/h3-12,16,20H,13-15H2,1-2H3,(H,24,26)(H,25,27). The molecule has 3 rings (SSSR count). The van der Waals surface area contributed by atoms with Gasteiger partial charge in [-0.2, -0.15) is 0 Å². The van der Waals surface area contributed by atoms with Gasteiger partial charge in [-0.05, 0) is 40.1 Å². The van der Waals surface area contributed by atoms with Gasteiger partial charge >= 0.3 is 0 Å². The number of carbonyl (C=O) groups excluding carboxylic acids is 2. The topological polar surface area (TPSA) is 58.2 Å². The molecule has 1 atom stereocenters. The van der Waals surface area contributed by atoms with Crippen LogP contribution in [0.5, 0.6) is 0 Å². The third-order valence-electron chi connectivity index (χ3n) is 4.61. The minimum Gasteiger partial charge on any atom is -0.347 e.